The zero-order valence-electron chi connectivity index (χ0n) is 20.6. The molecule has 0 aliphatic heterocycles. The third kappa shape index (κ3) is 6.52. The van der Waals surface area contributed by atoms with Crippen molar-refractivity contribution in [3.63, 3.8) is 0 Å². The molecule has 7 heteroatoms. The molecule has 0 amide bonds. The molecule has 0 spiro atoms. The second kappa shape index (κ2) is 11.9. The Morgan fingerprint density at radius 3 is 1.57 bits per heavy atom. The standard InChI is InChI=1S/C30H27NO6/c1-35-26-14-8-23(9-15-26)30(24-10-16-27(36-2)17-11-24)22-6-3-21(4-7-22)5-20-29(32)37-28-18-12-25(13-19-28)31(33)34/h3-4,6-19,30H,5,20H2,1-2H3. The number of aryl methyl sites for hydroxylation is 1. The number of carbonyl (C=O) groups is 1. The first kappa shape index (κ1) is 25.4. The first-order chi connectivity index (χ1) is 18.0. The maximum atomic E-state index is 12.3. The topological polar surface area (TPSA) is 87.9 Å². The van der Waals surface area contributed by atoms with Gasteiger partial charge in [0.2, 0.25) is 0 Å². The van der Waals surface area contributed by atoms with Crippen LogP contribution in [0.5, 0.6) is 17.2 Å². The third-order valence-electron chi connectivity index (χ3n) is 6.11. The molecule has 0 atom stereocenters. The Morgan fingerprint density at radius 1 is 0.703 bits per heavy atom. The van der Waals surface area contributed by atoms with E-state index >= 15 is 0 Å². The lowest BCUT2D eigenvalue weighted by Gasteiger charge is -2.20. The van der Waals surface area contributed by atoms with Crippen molar-refractivity contribution in [1.29, 1.82) is 0 Å². The highest BCUT2D eigenvalue weighted by Gasteiger charge is 2.17. The molecule has 4 aromatic carbocycles. The molecular weight excluding hydrogens is 470 g/mol. The minimum absolute atomic E-state index is 0.0120. The normalized spacial score (nSPS) is 10.7. The Labute approximate surface area is 215 Å². The van der Waals surface area contributed by atoms with E-state index in [1.54, 1.807) is 14.2 Å². The molecular formula is C30H27NO6. The molecule has 7 nitrogen and oxygen atoms in total. The van der Waals surface area contributed by atoms with E-state index in [2.05, 4.69) is 36.4 Å². The summed E-state index contributed by atoms with van der Waals surface area (Å²) in [4.78, 5) is 22.5. The lowest BCUT2D eigenvalue weighted by molar-refractivity contribution is -0.384. The summed E-state index contributed by atoms with van der Waals surface area (Å²) in [6.45, 7) is 0. The van der Waals surface area contributed by atoms with E-state index in [1.807, 2.05) is 36.4 Å². The molecule has 0 radical (unpaired) electrons. The minimum Gasteiger partial charge on any atom is -0.497 e. The fraction of sp³-hybridized carbons (Fsp3) is 0.167. The van der Waals surface area contributed by atoms with Crippen LogP contribution in [-0.2, 0) is 11.2 Å². The molecule has 0 aliphatic rings. The first-order valence-electron chi connectivity index (χ1n) is 11.8. The average molecular weight is 498 g/mol. The van der Waals surface area contributed by atoms with Gasteiger partial charge in [-0.1, -0.05) is 48.5 Å². The number of methoxy groups -OCH3 is 2. The Kier molecular flexibility index (Phi) is 8.15. The smallest absolute Gasteiger partial charge is 0.311 e. The van der Waals surface area contributed by atoms with Gasteiger partial charge in [-0.15, -0.1) is 0 Å². The highest BCUT2D eigenvalue weighted by molar-refractivity contribution is 5.72. The number of nitrogens with zero attached hydrogens (tertiary/aromatic N) is 1. The van der Waals surface area contributed by atoms with Crippen molar-refractivity contribution in [3.05, 3.63) is 129 Å². The number of nitro groups is 1. The van der Waals surface area contributed by atoms with Crippen molar-refractivity contribution in [2.45, 2.75) is 18.8 Å². The summed E-state index contributed by atoms with van der Waals surface area (Å²) in [7, 11) is 3.30. The van der Waals surface area contributed by atoms with E-state index in [0.717, 1.165) is 33.8 Å². The fourth-order valence-electron chi connectivity index (χ4n) is 4.11. The number of ether oxygens (including phenoxy) is 3. The Morgan fingerprint density at radius 2 is 1.14 bits per heavy atom. The highest BCUT2D eigenvalue weighted by Crippen LogP contribution is 2.34. The Hall–Kier alpha value is -4.65. The molecule has 0 aromatic heterocycles. The largest absolute Gasteiger partial charge is 0.497 e. The van der Waals surface area contributed by atoms with E-state index < -0.39 is 10.9 Å². The predicted molar refractivity (Wildman–Crippen MR) is 140 cm³/mol. The number of hydrogen-bond acceptors (Lipinski definition) is 6. The van der Waals surface area contributed by atoms with Crippen molar-refractivity contribution >= 4 is 11.7 Å². The van der Waals surface area contributed by atoms with Gasteiger partial charge in [0, 0.05) is 24.5 Å². The number of carbonyl (C=O) groups excluding carboxylic acids is 1. The molecule has 0 fully saturated rings. The van der Waals surface area contributed by atoms with Gasteiger partial charge in [-0.3, -0.25) is 14.9 Å². The van der Waals surface area contributed by atoms with Crippen LogP contribution in [0.15, 0.2) is 97.1 Å². The average Bonchev–Trinajstić information content (AvgIpc) is 2.94. The van der Waals surface area contributed by atoms with E-state index in [-0.39, 0.29) is 23.8 Å². The van der Waals surface area contributed by atoms with Crippen molar-refractivity contribution < 1.29 is 23.9 Å². The molecule has 4 aromatic rings. The van der Waals surface area contributed by atoms with Crippen LogP contribution in [0.25, 0.3) is 0 Å². The highest BCUT2D eigenvalue weighted by atomic mass is 16.6. The maximum Gasteiger partial charge on any atom is 0.311 e. The molecule has 0 bridgehead atoms. The zero-order chi connectivity index (χ0) is 26.2. The van der Waals surface area contributed by atoms with Crippen LogP contribution in [0.2, 0.25) is 0 Å². The monoisotopic (exact) mass is 497 g/mol. The van der Waals surface area contributed by atoms with Crippen LogP contribution < -0.4 is 14.2 Å². The van der Waals surface area contributed by atoms with Gasteiger partial charge < -0.3 is 14.2 Å². The molecule has 0 aliphatic carbocycles. The second-order valence-corrected chi connectivity index (χ2v) is 8.45. The first-order valence-corrected chi connectivity index (χ1v) is 11.8. The number of benzene rings is 4. The van der Waals surface area contributed by atoms with Gasteiger partial charge in [-0.25, -0.2) is 0 Å². The number of esters is 1. The van der Waals surface area contributed by atoms with Crippen LogP contribution in [0.4, 0.5) is 5.69 Å². The number of nitro benzene ring substituents is 1. The van der Waals surface area contributed by atoms with Crippen LogP contribution in [0.3, 0.4) is 0 Å². The summed E-state index contributed by atoms with van der Waals surface area (Å²) in [5.41, 5.74) is 4.33. The lowest BCUT2D eigenvalue weighted by atomic mass is 9.84. The van der Waals surface area contributed by atoms with Crippen molar-refractivity contribution in [2.75, 3.05) is 14.2 Å². The van der Waals surface area contributed by atoms with E-state index in [0.29, 0.717) is 6.42 Å². The molecule has 37 heavy (non-hydrogen) atoms. The van der Waals surface area contributed by atoms with Gasteiger partial charge in [0.15, 0.2) is 0 Å². The third-order valence-corrected chi connectivity index (χ3v) is 6.11. The summed E-state index contributed by atoms with van der Waals surface area (Å²) < 4.78 is 16.0. The van der Waals surface area contributed by atoms with Crippen molar-refractivity contribution in [1.82, 2.24) is 0 Å². The fourth-order valence-corrected chi connectivity index (χ4v) is 4.11. The number of rotatable bonds is 10. The van der Waals surface area contributed by atoms with Gasteiger partial charge in [-0.2, -0.15) is 0 Å². The Bertz CT molecular complexity index is 1280. The molecule has 0 saturated heterocycles. The van der Waals surface area contributed by atoms with E-state index in [9.17, 15) is 14.9 Å². The quantitative estimate of drug-likeness (QED) is 0.0836. The summed E-state index contributed by atoms with van der Waals surface area (Å²) >= 11 is 0. The molecule has 4 rings (SSSR count). The van der Waals surface area contributed by atoms with Gasteiger partial charge >= 0.3 is 5.97 Å². The molecule has 0 saturated carbocycles. The molecule has 0 N–H and O–H groups in total. The van der Waals surface area contributed by atoms with Crippen LogP contribution in [0.1, 0.15) is 34.6 Å². The molecule has 188 valence electrons. The SMILES string of the molecule is COc1ccc(C(c2ccc(CCC(=O)Oc3ccc([N+](=O)[O-])cc3)cc2)c2ccc(OC)cc2)cc1. The van der Waals surface area contributed by atoms with Crippen LogP contribution in [-0.4, -0.2) is 25.1 Å². The minimum atomic E-state index is -0.497. The van der Waals surface area contributed by atoms with Gasteiger partial charge in [0.05, 0.1) is 19.1 Å². The maximum absolute atomic E-state index is 12.3. The van der Waals surface area contributed by atoms with Gasteiger partial charge in [-0.05, 0) is 65.1 Å². The predicted octanol–water partition coefficient (Wildman–Crippen LogP) is 6.33. The van der Waals surface area contributed by atoms with Gasteiger partial charge in [0.1, 0.15) is 17.2 Å². The summed E-state index contributed by atoms with van der Waals surface area (Å²) in [6, 6.07) is 29.7. The number of hydrogen-bond donors (Lipinski definition) is 0. The summed E-state index contributed by atoms with van der Waals surface area (Å²) in [6.07, 6.45) is 0.707. The van der Waals surface area contributed by atoms with Gasteiger partial charge in [0.25, 0.3) is 5.69 Å². The summed E-state index contributed by atoms with van der Waals surface area (Å²) in [5.74, 6) is 1.50. The van der Waals surface area contributed by atoms with Crippen LogP contribution >= 0.6 is 0 Å². The molecule has 0 unspecified atom stereocenters. The van der Waals surface area contributed by atoms with Crippen LogP contribution in [0, 0.1) is 10.1 Å². The second-order valence-electron chi connectivity index (χ2n) is 8.45. The summed E-state index contributed by atoms with van der Waals surface area (Å²) in [5, 5.41) is 10.8. The van der Waals surface area contributed by atoms with E-state index in [4.69, 9.17) is 14.2 Å². The number of non-ortho nitro benzene ring substituents is 1. The van der Waals surface area contributed by atoms with Crippen molar-refractivity contribution in [2.24, 2.45) is 0 Å². The zero-order valence-corrected chi connectivity index (χ0v) is 20.6. The Balaban J connectivity index is 1.46. The lowest BCUT2D eigenvalue weighted by Crippen LogP contribution is -2.09. The molecule has 0 heterocycles. The van der Waals surface area contributed by atoms with E-state index in [1.165, 1.54) is 24.3 Å². The van der Waals surface area contributed by atoms with Crippen molar-refractivity contribution in [3.8, 4) is 17.2 Å².